The summed E-state index contributed by atoms with van der Waals surface area (Å²) in [5.41, 5.74) is 2.42. The highest BCUT2D eigenvalue weighted by Crippen LogP contribution is 2.29. The second kappa shape index (κ2) is 6.59. The first-order chi connectivity index (χ1) is 9.49. The lowest BCUT2D eigenvalue weighted by Crippen LogP contribution is -2.25. The summed E-state index contributed by atoms with van der Waals surface area (Å²) in [6.07, 6.45) is 1.85. The van der Waals surface area contributed by atoms with Crippen LogP contribution in [0.2, 0.25) is 0 Å². The zero-order valence-electron chi connectivity index (χ0n) is 12.8. The number of hydrogen-bond acceptors (Lipinski definition) is 3. The molecule has 0 bridgehead atoms. The van der Waals surface area contributed by atoms with Crippen LogP contribution in [-0.2, 0) is 0 Å². The normalized spacial score (nSPS) is 13.6. The minimum Gasteiger partial charge on any atom is -0.310 e. The lowest BCUT2D eigenvalue weighted by molar-refractivity contribution is 0.603. The van der Waals surface area contributed by atoms with Crippen molar-refractivity contribution in [1.82, 2.24) is 10.3 Å². The zero-order valence-corrected chi connectivity index (χ0v) is 13.6. The summed E-state index contributed by atoms with van der Waals surface area (Å²) in [5, 5.41) is 4.81. The molecule has 0 spiro atoms. The molecule has 1 heterocycles. The molecule has 2 aromatic rings. The maximum absolute atomic E-state index is 4.39. The summed E-state index contributed by atoms with van der Waals surface area (Å²) in [6, 6.07) is 11.1. The van der Waals surface area contributed by atoms with Crippen LogP contribution < -0.4 is 5.32 Å². The first-order valence-corrected chi connectivity index (χ1v) is 8.20. The predicted octanol–water partition coefficient (Wildman–Crippen LogP) is 4.42. The Morgan fingerprint density at radius 1 is 1.25 bits per heavy atom. The molecule has 0 aliphatic carbocycles. The van der Waals surface area contributed by atoms with Crippen LogP contribution in [0.1, 0.15) is 39.3 Å². The van der Waals surface area contributed by atoms with E-state index in [1.54, 1.807) is 0 Å². The topological polar surface area (TPSA) is 24.9 Å². The van der Waals surface area contributed by atoms with E-state index in [4.69, 9.17) is 0 Å². The third kappa shape index (κ3) is 4.22. The molecule has 3 heteroatoms. The van der Waals surface area contributed by atoms with Gasteiger partial charge in [-0.25, -0.2) is 0 Å². The van der Waals surface area contributed by atoms with Crippen LogP contribution >= 0.6 is 11.8 Å². The van der Waals surface area contributed by atoms with Crippen molar-refractivity contribution in [2.24, 2.45) is 0 Å². The van der Waals surface area contributed by atoms with Crippen LogP contribution in [0.4, 0.5) is 0 Å². The van der Waals surface area contributed by atoms with E-state index in [2.05, 4.69) is 62.3 Å². The molecule has 0 amide bonds. The van der Waals surface area contributed by atoms with Gasteiger partial charge in [-0.05, 0) is 30.3 Å². The van der Waals surface area contributed by atoms with E-state index in [1.807, 2.05) is 24.0 Å². The van der Waals surface area contributed by atoms with Crippen molar-refractivity contribution >= 4 is 22.7 Å². The average Bonchev–Trinajstić information content (AvgIpc) is 2.42. The van der Waals surface area contributed by atoms with Crippen LogP contribution in [0.3, 0.4) is 0 Å². The van der Waals surface area contributed by atoms with Gasteiger partial charge in [0, 0.05) is 28.1 Å². The molecule has 0 fully saturated rings. The van der Waals surface area contributed by atoms with Gasteiger partial charge in [-0.1, -0.05) is 39.8 Å². The zero-order chi connectivity index (χ0) is 14.6. The predicted molar refractivity (Wildman–Crippen MR) is 90.4 cm³/mol. The fourth-order valence-corrected chi connectivity index (χ4v) is 3.14. The number of thioether (sulfide) groups is 1. The van der Waals surface area contributed by atoms with E-state index < -0.39 is 0 Å². The van der Waals surface area contributed by atoms with Crippen molar-refractivity contribution in [3.8, 4) is 0 Å². The van der Waals surface area contributed by atoms with Gasteiger partial charge in [0.1, 0.15) is 0 Å². The van der Waals surface area contributed by atoms with E-state index in [1.165, 1.54) is 10.9 Å². The summed E-state index contributed by atoms with van der Waals surface area (Å²) >= 11 is 2.00. The van der Waals surface area contributed by atoms with E-state index in [0.717, 1.165) is 17.8 Å². The molecule has 1 aromatic heterocycles. The second-order valence-corrected chi connectivity index (χ2v) is 7.84. The molecule has 0 saturated carbocycles. The van der Waals surface area contributed by atoms with Crippen LogP contribution in [0.25, 0.3) is 10.9 Å². The molecule has 0 aliphatic heterocycles. The lowest BCUT2D eigenvalue weighted by atomic mass is 10.1. The fraction of sp³-hybridized carbons (Fsp3) is 0.471. The SMILES string of the molecule is CCNC(CSC(C)(C)C)c1ccc2ncccc2c1. The minimum atomic E-state index is 0.298. The summed E-state index contributed by atoms with van der Waals surface area (Å²) < 4.78 is 0.298. The standard InChI is InChI=1S/C17H24N2S/c1-5-18-16(12-20-17(2,3)4)14-8-9-15-13(11-14)7-6-10-19-15/h6-11,16,18H,5,12H2,1-4H3. The van der Waals surface area contributed by atoms with Crippen LogP contribution in [0.5, 0.6) is 0 Å². The van der Waals surface area contributed by atoms with Crippen molar-refractivity contribution in [2.75, 3.05) is 12.3 Å². The highest BCUT2D eigenvalue weighted by atomic mass is 32.2. The van der Waals surface area contributed by atoms with Gasteiger partial charge in [0.05, 0.1) is 5.52 Å². The van der Waals surface area contributed by atoms with Crippen LogP contribution in [-0.4, -0.2) is 22.0 Å². The van der Waals surface area contributed by atoms with E-state index in [-0.39, 0.29) is 0 Å². The van der Waals surface area contributed by atoms with Gasteiger partial charge in [0.25, 0.3) is 0 Å². The van der Waals surface area contributed by atoms with E-state index in [0.29, 0.717) is 10.8 Å². The Kier molecular flexibility index (Phi) is 5.06. The largest absolute Gasteiger partial charge is 0.310 e. The molecular formula is C17H24N2S. The summed E-state index contributed by atoms with van der Waals surface area (Å²) in [5.74, 6) is 1.09. The lowest BCUT2D eigenvalue weighted by Gasteiger charge is -2.24. The van der Waals surface area contributed by atoms with Crippen LogP contribution in [0.15, 0.2) is 36.5 Å². The monoisotopic (exact) mass is 288 g/mol. The van der Waals surface area contributed by atoms with Crippen molar-refractivity contribution in [3.05, 3.63) is 42.1 Å². The average molecular weight is 288 g/mol. The van der Waals surface area contributed by atoms with Gasteiger partial charge in [-0.15, -0.1) is 0 Å². The maximum Gasteiger partial charge on any atom is 0.0702 e. The van der Waals surface area contributed by atoms with Gasteiger partial charge in [0.15, 0.2) is 0 Å². The quantitative estimate of drug-likeness (QED) is 0.881. The van der Waals surface area contributed by atoms with Crippen molar-refractivity contribution in [2.45, 2.75) is 38.5 Å². The van der Waals surface area contributed by atoms with Crippen molar-refractivity contribution in [1.29, 1.82) is 0 Å². The molecule has 0 radical (unpaired) electrons. The Balaban J connectivity index is 2.21. The third-order valence-electron chi connectivity index (χ3n) is 3.16. The molecule has 2 nitrogen and oxygen atoms in total. The molecule has 1 aromatic carbocycles. The van der Waals surface area contributed by atoms with Gasteiger partial charge in [0.2, 0.25) is 0 Å². The number of rotatable bonds is 5. The van der Waals surface area contributed by atoms with Gasteiger partial charge >= 0.3 is 0 Å². The summed E-state index contributed by atoms with van der Waals surface area (Å²) in [6.45, 7) is 9.96. The highest BCUT2D eigenvalue weighted by Gasteiger charge is 2.16. The summed E-state index contributed by atoms with van der Waals surface area (Å²) in [7, 11) is 0. The number of fused-ring (bicyclic) bond motifs is 1. The Morgan fingerprint density at radius 2 is 2.05 bits per heavy atom. The number of benzene rings is 1. The maximum atomic E-state index is 4.39. The van der Waals surface area contributed by atoms with Crippen molar-refractivity contribution in [3.63, 3.8) is 0 Å². The Morgan fingerprint density at radius 3 is 2.75 bits per heavy atom. The van der Waals surface area contributed by atoms with E-state index in [9.17, 15) is 0 Å². The molecule has 0 saturated heterocycles. The Labute approximate surface area is 126 Å². The minimum absolute atomic E-state index is 0.298. The molecular weight excluding hydrogens is 264 g/mol. The highest BCUT2D eigenvalue weighted by molar-refractivity contribution is 8.00. The first kappa shape index (κ1) is 15.3. The Bertz CT molecular complexity index is 560. The fourth-order valence-electron chi connectivity index (χ4n) is 2.16. The molecule has 1 atom stereocenters. The molecule has 20 heavy (non-hydrogen) atoms. The van der Waals surface area contributed by atoms with E-state index >= 15 is 0 Å². The van der Waals surface area contributed by atoms with Gasteiger partial charge < -0.3 is 5.32 Å². The molecule has 0 aliphatic rings. The number of aromatic nitrogens is 1. The molecule has 2 rings (SSSR count). The van der Waals surface area contributed by atoms with Crippen molar-refractivity contribution < 1.29 is 0 Å². The molecule has 1 N–H and O–H groups in total. The third-order valence-corrected chi connectivity index (χ3v) is 4.53. The number of hydrogen-bond donors (Lipinski definition) is 1. The molecule has 1 unspecified atom stereocenters. The van der Waals surface area contributed by atoms with Gasteiger partial charge in [-0.3, -0.25) is 4.98 Å². The number of nitrogens with zero attached hydrogens (tertiary/aromatic N) is 1. The Hall–Kier alpha value is -1.06. The van der Waals surface area contributed by atoms with Crippen LogP contribution in [0, 0.1) is 0 Å². The first-order valence-electron chi connectivity index (χ1n) is 7.21. The molecule has 108 valence electrons. The van der Waals surface area contributed by atoms with Gasteiger partial charge in [-0.2, -0.15) is 11.8 Å². The smallest absolute Gasteiger partial charge is 0.0702 e. The summed E-state index contributed by atoms with van der Waals surface area (Å²) in [4.78, 5) is 4.39. The number of pyridine rings is 1. The second-order valence-electron chi connectivity index (χ2n) is 5.99. The number of nitrogens with one attached hydrogen (secondary N) is 1.